The van der Waals surface area contributed by atoms with Crippen LogP contribution in [0.15, 0.2) is 59.7 Å². The molecule has 4 aromatic rings. The lowest BCUT2D eigenvalue weighted by atomic mass is 9.93. The topological polar surface area (TPSA) is 46.9 Å². The highest BCUT2D eigenvalue weighted by atomic mass is 35.5. The van der Waals surface area contributed by atoms with Crippen LogP contribution in [0.4, 0.5) is 4.39 Å². The Hall–Kier alpha value is -2.54. The van der Waals surface area contributed by atoms with Crippen molar-refractivity contribution in [3.05, 3.63) is 97.6 Å². The van der Waals surface area contributed by atoms with Crippen molar-refractivity contribution in [1.82, 2.24) is 14.9 Å². The van der Waals surface area contributed by atoms with Gasteiger partial charge >= 0.3 is 0 Å². The van der Waals surface area contributed by atoms with Gasteiger partial charge in [0.25, 0.3) is 5.56 Å². The maximum atomic E-state index is 14.0. The van der Waals surface area contributed by atoms with Crippen molar-refractivity contribution in [3.8, 4) is 0 Å². The van der Waals surface area contributed by atoms with Crippen LogP contribution in [0.5, 0.6) is 0 Å². The van der Waals surface area contributed by atoms with E-state index in [1.807, 2.05) is 24.3 Å². The third-order valence-corrected chi connectivity index (χ3v) is 7.40. The second-order valence-electron chi connectivity index (χ2n) is 7.87. The molecule has 0 spiro atoms. The molecule has 0 saturated carbocycles. The van der Waals surface area contributed by atoms with Crippen LogP contribution in [0.3, 0.4) is 0 Å². The second-order valence-corrected chi connectivity index (χ2v) is 9.36. The Morgan fingerprint density at radius 2 is 1.94 bits per heavy atom. The van der Waals surface area contributed by atoms with Crippen LogP contribution < -0.4 is 10.9 Å². The molecular weight excluding hydrogens is 433 g/mol. The fourth-order valence-electron chi connectivity index (χ4n) is 4.19. The van der Waals surface area contributed by atoms with Gasteiger partial charge in [0.2, 0.25) is 0 Å². The molecule has 0 fully saturated rings. The molecule has 0 aliphatic heterocycles. The van der Waals surface area contributed by atoms with E-state index in [4.69, 9.17) is 11.6 Å². The summed E-state index contributed by atoms with van der Waals surface area (Å²) in [5.41, 5.74) is 2.59. The first-order valence-electron chi connectivity index (χ1n) is 10.3. The Morgan fingerprint density at radius 3 is 2.74 bits per heavy atom. The normalized spacial score (nSPS) is 15.9. The summed E-state index contributed by atoms with van der Waals surface area (Å²) in [5, 5.41) is 5.07. The zero-order valence-electron chi connectivity index (χ0n) is 16.8. The van der Waals surface area contributed by atoms with Crippen molar-refractivity contribution in [2.75, 3.05) is 0 Å². The van der Waals surface area contributed by atoms with E-state index >= 15 is 0 Å². The Bertz CT molecular complexity index is 1320. The highest BCUT2D eigenvalue weighted by Gasteiger charge is 2.25. The molecule has 0 unspecified atom stereocenters. The van der Waals surface area contributed by atoms with Crippen molar-refractivity contribution >= 4 is 33.2 Å². The number of aryl methyl sites for hydroxylation is 1. The van der Waals surface area contributed by atoms with Crippen LogP contribution in [0.1, 0.15) is 28.0 Å². The summed E-state index contributed by atoms with van der Waals surface area (Å²) in [6, 6.07) is 14.7. The summed E-state index contributed by atoms with van der Waals surface area (Å²) >= 11 is 7.87. The van der Waals surface area contributed by atoms with Crippen molar-refractivity contribution in [2.45, 2.75) is 38.4 Å². The van der Waals surface area contributed by atoms with E-state index in [0.717, 1.165) is 46.8 Å². The molecule has 2 heterocycles. The minimum absolute atomic E-state index is 0.0896. The summed E-state index contributed by atoms with van der Waals surface area (Å²) < 4.78 is 15.6. The number of benzene rings is 2. The number of aromatic nitrogens is 2. The maximum Gasteiger partial charge on any atom is 0.262 e. The number of fused-ring (bicyclic) bond motifs is 3. The van der Waals surface area contributed by atoms with Crippen molar-refractivity contribution < 1.29 is 4.39 Å². The number of nitrogens with zero attached hydrogens (tertiary/aromatic N) is 2. The fraction of sp³-hybridized carbons (Fsp3) is 0.250. The van der Waals surface area contributed by atoms with E-state index in [1.54, 1.807) is 29.5 Å². The van der Waals surface area contributed by atoms with Gasteiger partial charge in [0.15, 0.2) is 0 Å². The first-order valence-corrected chi connectivity index (χ1v) is 11.5. The molecule has 1 N–H and O–H groups in total. The molecule has 0 bridgehead atoms. The first kappa shape index (κ1) is 20.4. The van der Waals surface area contributed by atoms with Gasteiger partial charge in [-0.05, 0) is 42.5 Å². The number of halogens is 2. The molecule has 0 radical (unpaired) electrons. The van der Waals surface area contributed by atoms with E-state index in [1.165, 1.54) is 21.8 Å². The third kappa shape index (κ3) is 4.03. The average Bonchev–Trinajstić information content (AvgIpc) is 3.15. The van der Waals surface area contributed by atoms with Crippen LogP contribution >= 0.6 is 22.9 Å². The summed E-state index contributed by atoms with van der Waals surface area (Å²) in [6.45, 7) is 0.902. The summed E-state index contributed by atoms with van der Waals surface area (Å²) in [5.74, 6) is -0.311. The fourth-order valence-corrected chi connectivity index (χ4v) is 5.65. The molecule has 1 aliphatic rings. The minimum Gasteiger partial charge on any atom is -0.309 e. The van der Waals surface area contributed by atoms with Gasteiger partial charge in [-0.3, -0.25) is 9.36 Å². The number of hydrogen-bond donors (Lipinski definition) is 1. The Morgan fingerprint density at radius 1 is 1.16 bits per heavy atom. The van der Waals surface area contributed by atoms with Crippen LogP contribution in [0, 0.1) is 5.82 Å². The highest BCUT2D eigenvalue weighted by molar-refractivity contribution is 7.18. The Labute approximate surface area is 188 Å². The van der Waals surface area contributed by atoms with Gasteiger partial charge in [0, 0.05) is 28.0 Å². The minimum atomic E-state index is -0.311. The van der Waals surface area contributed by atoms with E-state index in [9.17, 15) is 9.18 Å². The van der Waals surface area contributed by atoms with Crippen LogP contribution in [-0.2, 0) is 25.9 Å². The predicted molar refractivity (Wildman–Crippen MR) is 123 cm³/mol. The van der Waals surface area contributed by atoms with Gasteiger partial charge in [-0.15, -0.1) is 11.3 Å². The molecule has 0 saturated heterocycles. The predicted octanol–water partition coefficient (Wildman–Crippen LogP) is 4.95. The largest absolute Gasteiger partial charge is 0.309 e. The monoisotopic (exact) mass is 453 g/mol. The Kier molecular flexibility index (Phi) is 5.61. The van der Waals surface area contributed by atoms with E-state index in [-0.39, 0.29) is 17.9 Å². The molecule has 5 rings (SSSR count). The zero-order valence-corrected chi connectivity index (χ0v) is 18.3. The quantitative estimate of drug-likeness (QED) is 0.465. The van der Waals surface area contributed by atoms with E-state index < -0.39 is 0 Å². The smallest absolute Gasteiger partial charge is 0.262 e. The molecule has 0 amide bonds. The summed E-state index contributed by atoms with van der Waals surface area (Å²) in [7, 11) is 0. The Balaban J connectivity index is 1.38. The number of rotatable bonds is 5. The number of hydrogen-bond acceptors (Lipinski definition) is 4. The molecule has 4 nitrogen and oxygen atoms in total. The zero-order chi connectivity index (χ0) is 21.4. The van der Waals surface area contributed by atoms with Crippen molar-refractivity contribution in [2.24, 2.45) is 0 Å². The SMILES string of the molecule is O=c1c2c3c(sc2ncn1Cc1ccccc1F)C[C@@H](NCc1ccccc1Cl)CC3. The van der Waals surface area contributed by atoms with Crippen molar-refractivity contribution in [3.63, 3.8) is 0 Å². The standard InChI is InChI=1S/C24H21ClFN3OS/c25-19-7-3-1-5-15(19)12-27-17-9-10-18-21(11-17)31-23-22(18)24(30)29(14-28-23)13-16-6-2-4-8-20(16)26/h1-8,14,17,27H,9-13H2/t17-/m0/s1. The van der Waals surface area contributed by atoms with Gasteiger partial charge < -0.3 is 5.32 Å². The molecule has 158 valence electrons. The molecule has 7 heteroatoms. The molecule has 1 aliphatic carbocycles. The first-order chi connectivity index (χ1) is 15.1. The van der Waals surface area contributed by atoms with Gasteiger partial charge in [0.1, 0.15) is 10.6 Å². The lowest BCUT2D eigenvalue weighted by Crippen LogP contribution is -2.34. The van der Waals surface area contributed by atoms with Gasteiger partial charge in [-0.1, -0.05) is 48.0 Å². The number of thiophene rings is 1. The summed E-state index contributed by atoms with van der Waals surface area (Å²) in [4.78, 5) is 19.7. The molecule has 2 aromatic heterocycles. The summed E-state index contributed by atoms with van der Waals surface area (Å²) in [6.07, 6.45) is 4.18. The molecular formula is C24H21ClFN3OS. The molecule has 31 heavy (non-hydrogen) atoms. The van der Waals surface area contributed by atoms with Gasteiger partial charge in [-0.25, -0.2) is 9.37 Å². The number of nitrogens with one attached hydrogen (secondary N) is 1. The van der Waals surface area contributed by atoms with Crippen molar-refractivity contribution in [1.29, 1.82) is 0 Å². The van der Waals surface area contributed by atoms with Gasteiger partial charge in [0.05, 0.1) is 18.3 Å². The maximum absolute atomic E-state index is 14.0. The third-order valence-electron chi connectivity index (χ3n) is 5.87. The van der Waals surface area contributed by atoms with E-state index in [2.05, 4.69) is 10.3 Å². The lowest BCUT2D eigenvalue weighted by molar-refractivity contribution is 0.463. The van der Waals surface area contributed by atoms with Crippen LogP contribution in [-0.4, -0.2) is 15.6 Å². The average molecular weight is 454 g/mol. The van der Waals surface area contributed by atoms with Crippen LogP contribution in [0.2, 0.25) is 5.02 Å². The second kappa shape index (κ2) is 8.54. The lowest BCUT2D eigenvalue weighted by Gasteiger charge is -2.23. The molecule has 2 aromatic carbocycles. The highest BCUT2D eigenvalue weighted by Crippen LogP contribution is 2.34. The van der Waals surface area contributed by atoms with E-state index in [0.29, 0.717) is 17.0 Å². The van der Waals surface area contributed by atoms with Crippen LogP contribution in [0.25, 0.3) is 10.2 Å². The van der Waals surface area contributed by atoms with Gasteiger partial charge in [-0.2, -0.15) is 0 Å². The molecule has 1 atom stereocenters.